The third-order valence-electron chi connectivity index (χ3n) is 4.04. The van der Waals surface area contributed by atoms with Gasteiger partial charge in [-0.3, -0.25) is 23.7 Å². The second-order valence-corrected chi connectivity index (χ2v) is 7.43. The van der Waals surface area contributed by atoms with E-state index in [1.54, 1.807) is 0 Å². The molecule has 0 saturated carbocycles. The number of rotatable bonds is 7. The van der Waals surface area contributed by atoms with Gasteiger partial charge in [0, 0.05) is 27.5 Å². The van der Waals surface area contributed by atoms with E-state index in [1.807, 2.05) is 0 Å². The van der Waals surface area contributed by atoms with Gasteiger partial charge in [-0.1, -0.05) is 0 Å². The summed E-state index contributed by atoms with van der Waals surface area (Å²) in [7, 11) is -4.43. The Morgan fingerprint density at radius 1 is 0.786 bits per heavy atom. The monoisotopic (exact) mass is 408 g/mol. The predicted octanol–water partition coefficient (Wildman–Crippen LogP) is -1.33. The summed E-state index contributed by atoms with van der Waals surface area (Å²) in [5, 5.41) is -0.460. The molecule has 0 saturated heterocycles. The maximum atomic E-state index is 12.1. The Hall–Kier alpha value is -3.51. The molecule has 0 aliphatic heterocycles. The van der Waals surface area contributed by atoms with Crippen LogP contribution in [0.15, 0.2) is 18.2 Å². The minimum atomic E-state index is -4.43. The smallest absolute Gasteiger partial charge is 0.265 e. The normalized spacial score (nSPS) is 11.3. The van der Waals surface area contributed by atoms with Crippen LogP contribution in [0.5, 0.6) is 0 Å². The Kier molecular flexibility index (Phi) is 5.38. The van der Waals surface area contributed by atoms with E-state index in [0.29, 0.717) is 0 Å². The average molecular weight is 408 g/mol. The van der Waals surface area contributed by atoms with E-state index in [0.717, 1.165) is 18.2 Å². The molecule has 148 valence electrons. The number of hydrogen-bond acceptors (Lipinski definition) is 6. The van der Waals surface area contributed by atoms with Crippen molar-refractivity contribution in [3.63, 3.8) is 0 Å². The van der Waals surface area contributed by atoms with Crippen LogP contribution in [0, 0.1) is 0 Å². The van der Waals surface area contributed by atoms with Gasteiger partial charge < -0.3 is 22.9 Å². The summed E-state index contributed by atoms with van der Waals surface area (Å²) in [4.78, 5) is 47.8. The summed E-state index contributed by atoms with van der Waals surface area (Å²) in [5.41, 5.74) is 20.2. The van der Waals surface area contributed by atoms with Crippen molar-refractivity contribution in [3.05, 3.63) is 46.0 Å². The van der Waals surface area contributed by atoms with Gasteiger partial charge in [0.2, 0.25) is 23.6 Å². The molecular formula is C16H16N4O7S. The molecule has 28 heavy (non-hydrogen) atoms. The van der Waals surface area contributed by atoms with Crippen LogP contribution < -0.4 is 22.9 Å². The van der Waals surface area contributed by atoms with Crippen molar-refractivity contribution in [3.8, 4) is 0 Å². The minimum Gasteiger partial charge on any atom is -0.366 e. The summed E-state index contributed by atoms with van der Waals surface area (Å²) in [6.45, 7) is 0. The number of hydrogen-bond donors (Lipinski definition) is 5. The van der Waals surface area contributed by atoms with Gasteiger partial charge in [0.25, 0.3) is 10.1 Å². The molecule has 0 heterocycles. The SMILES string of the molecule is NC(=O)c1ccc(C(N)=O)c2c(C(N)=O)c(CCS(=O)(=O)O)cc(C(N)=O)c12. The third kappa shape index (κ3) is 3.92. The summed E-state index contributed by atoms with van der Waals surface area (Å²) in [6.07, 6.45) is -0.438. The second-order valence-electron chi connectivity index (χ2n) is 5.86. The van der Waals surface area contributed by atoms with E-state index in [2.05, 4.69) is 0 Å². The van der Waals surface area contributed by atoms with Crippen LogP contribution >= 0.6 is 0 Å². The van der Waals surface area contributed by atoms with Gasteiger partial charge in [-0.15, -0.1) is 0 Å². The highest BCUT2D eigenvalue weighted by atomic mass is 32.2. The van der Waals surface area contributed by atoms with Crippen LogP contribution in [0.2, 0.25) is 0 Å². The van der Waals surface area contributed by atoms with E-state index in [1.165, 1.54) is 0 Å². The zero-order valence-corrected chi connectivity index (χ0v) is 15.1. The van der Waals surface area contributed by atoms with E-state index in [4.69, 9.17) is 27.5 Å². The molecule has 2 rings (SSSR count). The summed E-state index contributed by atoms with van der Waals surface area (Å²) >= 11 is 0. The predicted molar refractivity (Wildman–Crippen MR) is 98.1 cm³/mol. The first-order chi connectivity index (χ1) is 12.8. The molecule has 0 atom stereocenters. The van der Waals surface area contributed by atoms with Gasteiger partial charge in [-0.2, -0.15) is 8.42 Å². The Morgan fingerprint density at radius 2 is 1.25 bits per heavy atom. The molecule has 0 unspecified atom stereocenters. The van der Waals surface area contributed by atoms with E-state index < -0.39 is 45.9 Å². The first kappa shape index (κ1) is 20.8. The molecular weight excluding hydrogens is 392 g/mol. The topological polar surface area (TPSA) is 227 Å². The van der Waals surface area contributed by atoms with Crippen molar-refractivity contribution < 1.29 is 32.1 Å². The van der Waals surface area contributed by atoms with E-state index >= 15 is 0 Å². The number of fused-ring (bicyclic) bond motifs is 1. The molecule has 0 radical (unpaired) electrons. The fraction of sp³-hybridized carbons (Fsp3) is 0.125. The van der Waals surface area contributed by atoms with Crippen LogP contribution in [0.25, 0.3) is 10.8 Å². The van der Waals surface area contributed by atoms with E-state index in [-0.39, 0.29) is 38.6 Å². The van der Waals surface area contributed by atoms with Gasteiger partial charge in [0.1, 0.15) is 0 Å². The Bertz CT molecular complexity index is 1160. The largest absolute Gasteiger partial charge is 0.366 e. The molecule has 2 aromatic carbocycles. The summed E-state index contributed by atoms with van der Waals surface area (Å²) in [5.74, 6) is -4.93. The molecule has 0 fully saturated rings. The number of carbonyl (C=O) groups is 4. The van der Waals surface area contributed by atoms with Crippen LogP contribution in [0.3, 0.4) is 0 Å². The van der Waals surface area contributed by atoms with Gasteiger partial charge in [0.15, 0.2) is 0 Å². The highest BCUT2D eigenvalue weighted by Gasteiger charge is 2.26. The van der Waals surface area contributed by atoms with Crippen molar-refractivity contribution in [1.82, 2.24) is 0 Å². The molecule has 4 amide bonds. The molecule has 0 aromatic heterocycles. The lowest BCUT2D eigenvalue weighted by Gasteiger charge is -2.17. The fourth-order valence-electron chi connectivity index (χ4n) is 2.94. The molecule has 0 bridgehead atoms. The molecule has 0 aliphatic carbocycles. The molecule has 0 aliphatic rings. The number of carbonyl (C=O) groups excluding carboxylic acids is 4. The molecule has 0 spiro atoms. The Morgan fingerprint density at radius 3 is 1.64 bits per heavy atom. The quantitative estimate of drug-likeness (QED) is 0.346. The first-order valence-electron chi connectivity index (χ1n) is 7.62. The first-order valence-corrected chi connectivity index (χ1v) is 9.23. The number of primary amides is 4. The van der Waals surface area contributed by atoms with E-state index in [9.17, 15) is 27.6 Å². The molecule has 2 aromatic rings. The zero-order chi connectivity index (χ0) is 21.4. The van der Waals surface area contributed by atoms with Crippen LogP contribution in [-0.2, 0) is 16.5 Å². The maximum Gasteiger partial charge on any atom is 0.265 e. The van der Waals surface area contributed by atoms with Crippen molar-refractivity contribution >= 4 is 44.5 Å². The van der Waals surface area contributed by atoms with Crippen LogP contribution in [0.1, 0.15) is 47.0 Å². The van der Waals surface area contributed by atoms with Crippen molar-refractivity contribution in [2.45, 2.75) is 6.42 Å². The fourth-order valence-corrected chi connectivity index (χ4v) is 3.42. The zero-order valence-electron chi connectivity index (χ0n) is 14.3. The van der Waals surface area contributed by atoms with Gasteiger partial charge in [-0.25, -0.2) is 0 Å². The van der Waals surface area contributed by atoms with Crippen LogP contribution in [-0.4, -0.2) is 42.4 Å². The number of benzene rings is 2. The lowest BCUT2D eigenvalue weighted by molar-refractivity contribution is 0.0983. The Labute approximate surface area is 158 Å². The molecule has 12 heteroatoms. The maximum absolute atomic E-state index is 12.1. The number of nitrogens with two attached hydrogens (primary N) is 4. The van der Waals surface area contributed by atoms with Gasteiger partial charge in [0.05, 0.1) is 11.3 Å². The number of aryl methyl sites for hydroxylation is 1. The third-order valence-corrected chi connectivity index (χ3v) is 4.76. The summed E-state index contributed by atoms with van der Waals surface area (Å²) < 4.78 is 31.2. The standard InChI is InChI=1S/C16H16N4O7S/c17-13(21)7-1-2-8(14(18)22)12-10(16(20)24)6(3-4-28(25,26)27)5-9(11(7)12)15(19)23/h1-2,5H,3-4H2,(H2,17,21)(H2,18,22)(H2,19,23)(H2,20,24)(H,25,26,27). The summed E-state index contributed by atoms with van der Waals surface area (Å²) in [6, 6.07) is 3.32. The number of amides is 4. The highest BCUT2D eigenvalue weighted by Crippen LogP contribution is 2.32. The van der Waals surface area contributed by atoms with Crippen LogP contribution in [0.4, 0.5) is 0 Å². The van der Waals surface area contributed by atoms with Gasteiger partial charge >= 0.3 is 0 Å². The highest BCUT2D eigenvalue weighted by molar-refractivity contribution is 7.85. The lowest BCUT2D eigenvalue weighted by Crippen LogP contribution is -2.24. The minimum absolute atomic E-state index is 0.0875. The van der Waals surface area contributed by atoms with Crippen molar-refractivity contribution in [2.75, 3.05) is 5.75 Å². The molecule has 11 nitrogen and oxygen atoms in total. The lowest BCUT2D eigenvalue weighted by atomic mass is 9.87. The van der Waals surface area contributed by atoms with Crippen molar-refractivity contribution in [1.29, 1.82) is 0 Å². The van der Waals surface area contributed by atoms with Crippen molar-refractivity contribution in [2.24, 2.45) is 22.9 Å². The van der Waals surface area contributed by atoms with Gasteiger partial charge in [-0.05, 0) is 30.2 Å². The molecule has 9 N–H and O–H groups in total. The second kappa shape index (κ2) is 7.25. The Balaban J connectivity index is 3.13. The average Bonchev–Trinajstić information content (AvgIpc) is 2.56.